The van der Waals surface area contributed by atoms with E-state index >= 15 is 0 Å². The molecule has 3 aromatic carbocycles. The second kappa shape index (κ2) is 8.74. The lowest BCUT2D eigenvalue weighted by atomic mass is 9.89. The number of hydrogen-bond donors (Lipinski definition) is 2. The Bertz CT molecular complexity index is 1080. The van der Waals surface area contributed by atoms with Gasteiger partial charge in [-0.1, -0.05) is 78.4 Å². The van der Waals surface area contributed by atoms with Gasteiger partial charge in [-0.25, -0.2) is 0 Å². The number of ether oxygens (including phenoxy) is 1. The SMILES string of the molecule is Cc1cccc(C(C(=O)OCC2c3ccccc3-c3ccccc32)[C@@H](N)CC(=O)O)c1. The molecule has 0 aromatic heterocycles. The summed E-state index contributed by atoms with van der Waals surface area (Å²) in [5.41, 5.74) is 12.3. The number of carboxylic acids is 1. The van der Waals surface area contributed by atoms with E-state index in [0.29, 0.717) is 5.56 Å². The number of carbonyl (C=O) groups excluding carboxylic acids is 1. The van der Waals surface area contributed by atoms with Crippen LogP contribution in [0.2, 0.25) is 0 Å². The summed E-state index contributed by atoms with van der Waals surface area (Å²) in [5, 5.41) is 9.20. The second-order valence-corrected chi connectivity index (χ2v) is 8.01. The molecule has 5 nitrogen and oxygen atoms in total. The van der Waals surface area contributed by atoms with Gasteiger partial charge in [0.25, 0.3) is 0 Å². The van der Waals surface area contributed by atoms with E-state index in [-0.39, 0.29) is 18.9 Å². The van der Waals surface area contributed by atoms with Crippen LogP contribution in [0, 0.1) is 6.92 Å². The third kappa shape index (κ3) is 4.23. The molecule has 0 bridgehead atoms. The van der Waals surface area contributed by atoms with Gasteiger partial charge in [0.2, 0.25) is 0 Å². The number of hydrogen-bond acceptors (Lipinski definition) is 4. The molecule has 0 heterocycles. The third-order valence-corrected chi connectivity index (χ3v) is 5.85. The van der Waals surface area contributed by atoms with Crippen molar-refractivity contribution in [3.05, 3.63) is 95.1 Å². The lowest BCUT2D eigenvalue weighted by Crippen LogP contribution is -2.37. The van der Waals surface area contributed by atoms with Gasteiger partial charge in [-0.15, -0.1) is 0 Å². The van der Waals surface area contributed by atoms with E-state index in [9.17, 15) is 14.7 Å². The average Bonchev–Trinajstić information content (AvgIpc) is 3.06. The molecule has 0 saturated carbocycles. The van der Waals surface area contributed by atoms with Crippen molar-refractivity contribution >= 4 is 11.9 Å². The second-order valence-electron chi connectivity index (χ2n) is 8.01. The van der Waals surface area contributed by atoms with Crippen molar-refractivity contribution in [3.63, 3.8) is 0 Å². The van der Waals surface area contributed by atoms with Crippen LogP contribution in [0.1, 0.15) is 40.5 Å². The van der Waals surface area contributed by atoms with Crippen molar-refractivity contribution in [2.45, 2.75) is 31.2 Å². The van der Waals surface area contributed by atoms with E-state index in [4.69, 9.17) is 10.5 Å². The highest BCUT2D eigenvalue weighted by molar-refractivity contribution is 5.82. The van der Waals surface area contributed by atoms with Crippen molar-refractivity contribution in [1.82, 2.24) is 0 Å². The average molecular weight is 415 g/mol. The van der Waals surface area contributed by atoms with Crippen LogP contribution in [-0.4, -0.2) is 29.7 Å². The first kappa shape index (κ1) is 20.8. The number of benzene rings is 3. The molecule has 3 aromatic rings. The monoisotopic (exact) mass is 415 g/mol. The quantitative estimate of drug-likeness (QED) is 0.564. The maximum absolute atomic E-state index is 13.2. The summed E-state index contributed by atoms with van der Waals surface area (Å²) in [6.45, 7) is 2.09. The lowest BCUT2D eigenvalue weighted by molar-refractivity contribution is -0.146. The van der Waals surface area contributed by atoms with Crippen LogP contribution in [0.4, 0.5) is 0 Å². The first-order valence-electron chi connectivity index (χ1n) is 10.3. The van der Waals surface area contributed by atoms with E-state index in [1.807, 2.05) is 49.4 Å². The molecular formula is C26H25NO4. The van der Waals surface area contributed by atoms with Gasteiger partial charge in [0.15, 0.2) is 0 Å². The fraction of sp³-hybridized carbons (Fsp3) is 0.231. The Kier molecular flexibility index (Phi) is 5.87. The fourth-order valence-corrected chi connectivity index (χ4v) is 4.44. The summed E-state index contributed by atoms with van der Waals surface area (Å²) in [5.74, 6) is -2.45. The summed E-state index contributed by atoms with van der Waals surface area (Å²) in [6, 6.07) is 22.8. The number of nitrogens with two attached hydrogens (primary N) is 1. The van der Waals surface area contributed by atoms with Crippen molar-refractivity contribution < 1.29 is 19.4 Å². The van der Waals surface area contributed by atoms with Crippen molar-refractivity contribution in [1.29, 1.82) is 0 Å². The molecule has 1 aliphatic rings. The summed E-state index contributed by atoms with van der Waals surface area (Å²) in [4.78, 5) is 24.4. The zero-order chi connectivity index (χ0) is 22.0. The molecule has 1 unspecified atom stereocenters. The normalized spacial score (nSPS) is 14.4. The summed E-state index contributed by atoms with van der Waals surface area (Å²) < 4.78 is 5.79. The van der Waals surface area contributed by atoms with Crippen LogP contribution in [0.3, 0.4) is 0 Å². The highest BCUT2D eigenvalue weighted by Crippen LogP contribution is 2.44. The number of fused-ring (bicyclic) bond motifs is 3. The summed E-state index contributed by atoms with van der Waals surface area (Å²) in [6.07, 6.45) is -0.317. The molecule has 158 valence electrons. The van der Waals surface area contributed by atoms with Crippen LogP contribution < -0.4 is 5.73 Å². The number of aryl methyl sites for hydroxylation is 1. The van der Waals surface area contributed by atoms with E-state index in [1.165, 1.54) is 0 Å². The maximum Gasteiger partial charge on any atom is 0.315 e. The zero-order valence-electron chi connectivity index (χ0n) is 17.3. The van der Waals surface area contributed by atoms with Gasteiger partial charge in [0.05, 0.1) is 12.3 Å². The van der Waals surface area contributed by atoms with Crippen LogP contribution in [0.15, 0.2) is 72.8 Å². The molecule has 5 heteroatoms. The first-order chi connectivity index (χ1) is 15.0. The minimum absolute atomic E-state index is 0.0646. The zero-order valence-corrected chi connectivity index (χ0v) is 17.3. The van der Waals surface area contributed by atoms with E-state index in [1.54, 1.807) is 6.07 Å². The van der Waals surface area contributed by atoms with Gasteiger partial charge in [0, 0.05) is 12.0 Å². The van der Waals surface area contributed by atoms with Gasteiger partial charge in [-0.05, 0) is 34.7 Å². The predicted molar refractivity (Wildman–Crippen MR) is 119 cm³/mol. The Morgan fingerprint density at radius 2 is 1.58 bits per heavy atom. The molecule has 0 spiro atoms. The number of rotatable bonds is 7. The first-order valence-corrected chi connectivity index (χ1v) is 10.3. The third-order valence-electron chi connectivity index (χ3n) is 5.85. The van der Waals surface area contributed by atoms with Gasteiger partial charge < -0.3 is 15.6 Å². The van der Waals surface area contributed by atoms with Crippen molar-refractivity contribution in [2.24, 2.45) is 5.73 Å². The number of carboxylic acid groups (broad SMARTS) is 1. The molecule has 4 rings (SSSR count). The minimum Gasteiger partial charge on any atom is -0.481 e. The highest BCUT2D eigenvalue weighted by Gasteiger charge is 2.33. The van der Waals surface area contributed by atoms with Crippen LogP contribution >= 0.6 is 0 Å². The molecule has 0 amide bonds. The molecule has 0 aliphatic heterocycles. The molecule has 0 radical (unpaired) electrons. The Morgan fingerprint density at radius 1 is 0.968 bits per heavy atom. The largest absolute Gasteiger partial charge is 0.481 e. The lowest BCUT2D eigenvalue weighted by Gasteiger charge is -2.23. The van der Waals surface area contributed by atoms with E-state index in [0.717, 1.165) is 27.8 Å². The van der Waals surface area contributed by atoms with Crippen LogP contribution in [0.5, 0.6) is 0 Å². The van der Waals surface area contributed by atoms with Gasteiger partial charge in [-0.3, -0.25) is 9.59 Å². The number of esters is 1. The van der Waals surface area contributed by atoms with Crippen LogP contribution in [-0.2, 0) is 14.3 Å². The molecular weight excluding hydrogens is 390 g/mol. The van der Waals surface area contributed by atoms with Crippen molar-refractivity contribution in [2.75, 3.05) is 6.61 Å². The fourth-order valence-electron chi connectivity index (χ4n) is 4.44. The van der Waals surface area contributed by atoms with E-state index in [2.05, 4.69) is 24.3 Å². The Labute approximate surface area is 181 Å². The predicted octanol–water partition coefficient (Wildman–Crippen LogP) is 4.24. The Hall–Kier alpha value is -3.44. The molecule has 3 N–H and O–H groups in total. The topological polar surface area (TPSA) is 89.6 Å². The smallest absolute Gasteiger partial charge is 0.315 e. The summed E-state index contributed by atoms with van der Waals surface area (Å²) >= 11 is 0. The number of aliphatic carboxylic acids is 1. The minimum atomic E-state index is -1.04. The molecule has 2 atom stereocenters. The molecule has 0 fully saturated rings. The Morgan fingerprint density at radius 3 is 2.16 bits per heavy atom. The van der Waals surface area contributed by atoms with Crippen molar-refractivity contribution in [3.8, 4) is 11.1 Å². The number of carbonyl (C=O) groups is 2. The molecule has 1 aliphatic carbocycles. The Balaban J connectivity index is 1.59. The van der Waals surface area contributed by atoms with Gasteiger partial charge in [0.1, 0.15) is 6.61 Å². The van der Waals surface area contributed by atoms with Gasteiger partial charge in [-0.2, -0.15) is 0 Å². The van der Waals surface area contributed by atoms with Gasteiger partial charge >= 0.3 is 11.9 Å². The maximum atomic E-state index is 13.2. The summed E-state index contributed by atoms with van der Waals surface area (Å²) in [7, 11) is 0. The van der Waals surface area contributed by atoms with E-state index < -0.39 is 23.9 Å². The van der Waals surface area contributed by atoms with Crippen LogP contribution in [0.25, 0.3) is 11.1 Å². The highest BCUT2D eigenvalue weighted by atomic mass is 16.5. The molecule has 0 saturated heterocycles. The standard InChI is InChI=1S/C26H25NO4/c1-16-7-6-8-17(13-16)25(23(27)14-24(28)29)26(30)31-15-22-20-11-4-2-9-18(20)19-10-3-5-12-21(19)22/h2-13,22-23,25H,14-15,27H2,1H3,(H,28,29)/t23-,25?/m0/s1. The molecule has 31 heavy (non-hydrogen) atoms.